The molecule has 0 aliphatic carbocycles. The molecule has 1 unspecified atom stereocenters. The van der Waals surface area contributed by atoms with Crippen molar-refractivity contribution in [2.45, 2.75) is 39.4 Å². The van der Waals surface area contributed by atoms with Gasteiger partial charge in [-0.1, -0.05) is 31.2 Å². The zero-order valence-corrected chi connectivity index (χ0v) is 13.6. The topological polar surface area (TPSA) is 54.2 Å². The Morgan fingerprint density at radius 1 is 1.27 bits per heavy atom. The molecule has 2 rings (SSSR count). The molecule has 118 valence electrons. The van der Waals surface area contributed by atoms with Crippen LogP contribution in [0.1, 0.15) is 31.4 Å². The molecule has 1 atom stereocenters. The van der Waals surface area contributed by atoms with E-state index in [1.54, 1.807) is 13.2 Å². The van der Waals surface area contributed by atoms with Gasteiger partial charge >= 0.3 is 0 Å². The van der Waals surface area contributed by atoms with Crippen molar-refractivity contribution in [1.29, 1.82) is 0 Å². The largest absolute Gasteiger partial charge is 0.354 e. The average molecular weight is 299 g/mol. The van der Waals surface area contributed by atoms with Crippen molar-refractivity contribution in [3.05, 3.63) is 54.1 Å². The number of nitrogens with zero attached hydrogens (tertiary/aromatic N) is 3. The van der Waals surface area contributed by atoms with Gasteiger partial charge in [-0.2, -0.15) is 0 Å². The molecule has 0 radical (unpaired) electrons. The van der Waals surface area contributed by atoms with Gasteiger partial charge in [-0.25, -0.2) is 4.98 Å². The summed E-state index contributed by atoms with van der Waals surface area (Å²) in [4.78, 5) is 8.30. The lowest BCUT2D eigenvalue weighted by atomic mass is 10.1. The monoisotopic (exact) mass is 299 g/mol. The highest BCUT2D eigenvalue weighted by atomic mass is 15.2. The van der Waals surface area contributed by atoms with Gasteiger partial charge in [0.2, 0.25) is 0 Å². The predicted molar refractivity (Wildman–Crippen MR) is 90.9 cm³/mol. The number of nitrogens with one attached hydrogen (secondary N) is 2. The van der Waals surface area contributed by atoms with E-state index < -0.39 is 0 Å². The molecule has 1 aromatic heterocycles. The number of aliphatic imine (C=N–C) groups is 1. The third-order valence-corrected chi connectivity index (χ3v) is 3.63. The maximum Gasteiger partial charge on any atom is 0.191 e. The maximum atomic E-state index is 4.24. The number of rotatable bonds is 6. The molecule has 5 heteroatoms. The van der Waals surface area contributed by atoms with Crippen molar-refractivity contribution >= 4 is 5.96 Å². The fourth-order valence-electron chi connectivity index (χ4n) is 2.07. The van der Waals surface area contributed by atoms with Gasteiger partial charge in [0, 0.05) is 38.6 Å². The molecule has 0 fully saturated rings. The lowest BCUT2D eigenvalue weighted by molar-refractivity contribution is 0.624. The van der Waals surface area contributed by atoms with E-state index >= 15 is 0 Å². The number of benzene rings is 1. The van der Waals surface area contributed by atoms with Crippen LogP contribution in [0.25, 0.3) is 0 Å². The average Bonchev–Trinajstić information content (AvgIpc) is 3.05. The van der Waals surface area contributed by atoms with E-state index in [0.717, 1.165) is 25.5 Å². The zero-order chi connectivity index (χ0) is 15.8. The SMILES string of the molecule is CCC(C)NC(=NC)NCc1ccc(Cn2ccnc2)cc1. The number of hydrogen-bond acceptors (Lipinski definition) is 2. The molecule has 0 aliphatic rings. The summed E-state index contributed by atoms with van der Waals surface area (Å²) in [6.45, 7) is 5.92. The van der Waals surface area contributed by atoms with Gasteiger partial charge in [0.15, 0.2) is 5.96 Å². The zero-order valence-electron chi connectivity index (χ0n) is 13.6. The molecule has 22 heavy (non-hydrogen) atoms. The minimum Gasteiger partial charge on any atom is -0.354 e. The third-order valence-electron chi connectivity index (χ3n) is 3.63. The fourth-order valence-corrected chi connectivity index (χ4v) is 2.07. The number of aromatic nitrogens is 2. The number of imidazole rings is 1. The number of guanidine groups is 1. The summed E-state index contributed by atoms with van der Waals surface area (Å²) in [5.41, 5.74) is 2.50. The molecule has 0 saturated heterocycles. The molecule has 0 spiro atoms. The summed E-state index contributed by atoms with van der Waals surface area (Å²) in [6.07, 6.45) is 6.68. The Morgan fingerprint density at radius 3 is 2.59 bits per heavy atom. The lowest BCUT2D eigenvalue weighted by Crippen LogP contribution is -2.41. The highest BCUT2D eigenvalue weighted by Gasteiger charge is 2.03. The van der Waals surface area contributed by atoms with Crippen LogP contribution < -0.4 is 10.6 Å². The van der Waals surface area contributed by atoms with Crippen LogP contribution in [-0.4, -0.2) is 28.6 Å². The van der Waals surface area contributed by atoms with Gasteiger partial charge in [0.1, 0.15) is 0 Å². The smallest absolute Gasteiger partial charge is 0.191 e. The quantitative estimate of drug-likeness (QED) is 0.636. The highest BCUT2D eigenvalue weighted by Crippen LogP contribution is 2.06. The van der Waals surface area contributed by atoms with E-state index in [0.29, 0.717) is 6.04 Å². The molecule has 5 nitrogen and oxygen atoms in total. The van der Waals surface area contributed by atoms with Gasteiger partial charge in [-0.15, -0.1) is 0 Å². The van der Waals surface area contributed by atoms with Crippen molar-refractivity contribution in [2.24, 2.45) is 4.99 Å². The molecule has 1 heterocycles. The molecule has 0 bridgehead atoms. The minimum atomic E-state index is 0.420. The summed E-state index contributed by atoms with van der Waals surface area (Å²) >= 11 is 0. The molecule has 0 amide bonds. The van der Waals surface area contributed by atoms with Gasteiger partial charge in [-0.05, 0) is 24.5 Å². The molecule has 2 aromatic rings. The third kappa shape index (κ3) is 4.91. The minimum absolute atomic E-state index is 0.420. The first-order valence-electron chi connectivity index (χ1n) is 7.72. The van der Waals surface area contributed by atoms with Crippen molar-refractivity contribution in [1.82, 2.24) is 20.2 Å². The standard InChI is InChI=1S/C17H25N5/c1-4-14(2)21-17(18-3)20-11-15-5-7-16(8-6-15)12-22-10-9-19-13-22/h5-10,13-14H,4,11-12H2,1-3H3,(H2,18,20,21). The normalized spacial score (nSPS) is 13.0. The van der Waals surface area contributed by atoms with Crippen molar-refractivity contribution in [3.63, 3.8) is 0 Å². The Balaban J connectivity index is 1.85. The Morgan fingerprint density at radius 2 is 2.00 bits per heavy atom. The van der Waals surface area contributed by atoms with Crippen LogP contribution >= 0.6 is 0 Å². The molecular weight excluding hydrogens is 274 g/mol. The Bertz CT molecular complexity index is 572. The predicted octanol–water partition coefficient (Wildman–Crippen LogP) is 2.39. The van der Waals surface area contributed by atoms with Gasteiger partial charge in [-0.3, -0.25) is 4.99 Å². The van der Waals surface area contributed by atoms with E-state index in [4.69, 9.17) is 0 Å². The molecule has 0 aliphatic heterocycles. The summed E-state index contributed by atoms with van der Waals surface area (Å²) in [6, 6.07) is 9.03. The van der Waals surface area contributed by atoms with Crippen LogP contribution in [0, 0.1) is 0 Å². The maximum absolute atomic E-state index is 4.24. The van der Waals surface area contributed by atoms with Crippen molar-refractivity contribution < 1.29 is 0 Å². The molecular formula is C17H25N5. The van der Waals surface area contributed by atoms with Crippen LogP contribution in [0.4, 0.5) is 0 Å². The van der Waals surface area contributed by atoms with E-state index in [-0.39, 0.29) is 0 Å². The summed E-state index contributed by atoms with van der Waals surface area (Å²) in [5, 5.41) is 6.70. The Labute approximate surface area is 132 Å². The van der Waals surface area contributed by atoms with E-state index in [1.807, 2.05) is 12.5 Å². The van der Waals surface area contributed by atoms with E-state index in [9.17, 15) is 0 Å². The second-order valence-corrected chi connectivity index (χ2v) is 5.43. The van der Waals surface area contributed by atoms with Gasteiger partial charge in [0.25, 0.3) is 0 Å². The Kier molecular flexibility index (Phi) is 6.01. The second-order valence-electron chi connectivity index (χ2n) is 5.43. The number of hydrogen-bond donors (Lipinski definition) is 2. The van der Waals surface area contributed by atoms with Crippen LogP contribution in [0.2, 0.25) is 0 Å². The van der Waals surface area contributed by atoms with Crippen LogP contribution in [-0.2, 0) is 13.1 Å². The molecule has 1 aromatic carbocycles. The summed E-state index contributed by atoms with van der Waals surface area (Å²) < 4.78 is 2.06. The fraction of sp³-hybridized carbons (Fsp3) is 0.412. The van der Waals surface area contributed by atoms with Crippen molar-refractivity contribution in [3.8, 4) is 0 Å². The van der Waals surface area contributed by atoms with E-state index in [1.165, 1.54) is 11.1 Å². The first-order chi connectivity index (χ1) is 10.7. The van der Waals surface area contributed by atoms with E-state index in [2.05, 4.69) is 63.3 Å². The highest BCUT2D eigenvalue weighted by molar-refractivity contribution is 5.79. The van der Waals surface area contributed by atoms with Gasteiger partial charge in [0.05, 0.1) is 6.33 Å². The second kappa shape index (κ2) is 8.22. The van der Waals surface area contributed by atoms with Crippen LogP contribution in [0.3, 0.4) is 0 Å². The lowest BCUT2D eigenvalue weighted by Gasteiger charge is -2.16. The first-order valence-corrected chi connectivity index (χ1v) is 7.72. The molecule has 0 saturated carbocycles. The Hall–Kier alpha value is -2.30. The summed E-state index contributed by atoms with van der Waals surface area (Å²) in [7, 11) is 1.80. The first kappa shape index (κ1) is 16.1. The van der Waals surface area contributed by atoms with Crippen molar-refractivity contribution in [2.75, 3.05) is 7.05 Å². The molecule has 2 N–H and O–H groups in total. The van der Waals surface area contributed by atoms with Gasteiger partial charge < -0.3 is 15.2 Å². The van der Waals surface area contributed by atoms with Crippen LogP contribution in [0.15, 0.2) is 48.0 Å². The van der Waals surface area contributed by atoms with Crippen LogP contribution in [0.5, 0.6) is 0 Å². The summed E-state index contributed by atoms with van der Waals surface area (Å²) in [5.74, 6) is 0.844.